The van der Waals surface area contributed by atoms with Gasteiger partial charge in [0.2, 0.25) is 5.91 Å². The van der Waals surface area contributed by atoms with Gasteiger partial charge in [-0.1, -0.05) is 18.2 Å². The first-order valence-electron chi connectivity index (χ1n) is 5.98. The lowest BCUT2D eigenvalue weighted by molar-refractivity contribution is -0.123. The maximum atomic E-state index is 12.0. The number of hydrogen-bond acceptors (Lipinski definition) is 2. The van der Waals surface area contributed by atoms with Gasteiger partial charge in [-0.15, -0.1) is 23.2 Å². The molecule has 3 rings (SSSR count). The molecule has 2 aliphatic rings. The van der Waals surface area contributed by atoms with Crippen molar-refractivity contribution in [2.75, 3.05) is 6.61 Å². The third-order valence-electron chi connectivity index (χ3n) is 3.42. The first-order valence-corrected chi connectivity index (χ1v) is 6.73. The molecule has 0 saturated heterocycles. The summed E-state index contributed by atoms with van der Waals surface area (Å²) in [4.78, 5) is 12.0. The summed E-state index contributed by atoms with van der Waals surface area (Å²) in [7, 11) is 0. The minimum absolute atomic E-state index is 0.00724. The average Bonchev–Trinajstić information content (AvgIpc) is 2.99. The molecule has 0 spiro atoms. The number of benzene rings is 1. The molecule has 1 saturated carbocycles. The molecule has 18 heavy (non-hydrogen) atoms. The molecule has 0 bridgehead atoms. The Morgan fingerprint density at radius 2 is 2.11 bits per heavy atom. The van der Waals surface area contributed by atoms with Gasteiger partial charge in [-0.05, 0) is 12.5 Å². The molecule has 96 valence electrons. The summed E-state index contributed by atoms with van der Waals surface area (Å²) >= 11 is 11.8. The number of alkyl halides is 2. The third kappa shape index (κ3) is 2.17. The van der Waals surface area contributed by atoms with Gasteiger partial charge >= 0.3 is 0 Å². The number of carbonyl (C=O) groups is 1. The fourth-order valence-corrected chi connectivity index (χ4v) is 2.77. The molecule has 1 fully saturated rings. The van der Waals surface area contributed by atoms with Gasteiger partial charge in [-0.25, -0.2) is 0 Å². The van der Waals surface area contributed by atoms with Crippen LogP contribution in [0.2, 0.25) is 0 Å². The van der Waals surface area contributed by atoms with E-state index in [4.69, 9.17) is 27.9 Å². The fourth-order valence-electron chi connectivity index (χ4n) is 2.26. The lowest BCUT2D eigenvalue weighted by Crippen LogP contribution is -2.34. The van der Waals surface area contributed by atoms with Crippen molar-refractivity contribution in [1.82, 2.24) is 5.32 Å². The quantitative estimate of drug-likeness (QED) is 0.849. The van der Waals surface area contributed by atoms with Crippen LogP contribution < -0.4 is 10.1 Å². The van der Waals surface area contributed by atoms with Gasteiger partial charge in [0.25, 0.3) is 0 Å². The average molecular weight is 286 g/mol. The van der Waals surface area contributed by atoms with Crippen LogP contribution in [0.25, 0.3) is 0 Å². The van der Waals surface area contributed by atoms with Crippen LogP contribution in [0.5, 0.6) is 5.75 Å². The molecule has 0 radical (unpaired) electrons. The van der Waals surface area contributed by atoms with E-state index < -0.39 is 4.33 Å². The molecule has 0 unspecified atom stereocenters. The SMILES string of the molecule is O=C(N[C@H]1CCOc2ccccc21)[C@H]1CC1(Cl)Cl. The Bertz CT molecular complexity index is 490. The zero-order valence-corrected chi connectivity index (χ0v) is 11.2. The van der Waals surface area contributed by atoms with Gasteiger partial charge in [0.1, 0.15) is 10.1 Å². The number of hydrogen-bond donors (Lipinski definition) is 1. The van der Waals surface area contributed by atoms with Crippen LogP contribution in [0.3, 0.4) is 0 Å². The minimum atomic E-state index is -0.866. The van der Waals surface area contributed by atoms with Crippen molar-refractivity contribution in [1.29, 1.82) is 0 Å². The highest BCUT2D eigenvalue weighted by Gasteiger charge is 2.56. The van der Waals surface area contributed by atoms with Crippen LogP contribution in [0.1, 0.15) is 24.4 Å². The van der Waals surface area contributed by atoms with Crippen molar-refractivity contribution in [2.24, 2.45) is 5.92 Å². The van der Waals surface area contributed by atoms with Crippen molar-refractivity contribution in [3.05, 3.63) is 29.8 Å². The molecule has 1 aromatic rings. The van der Waals surface area contributed by atoms with E-state index in [-0.39, 0.29) is 17.9 Å². The van der Waals surface area contributed by atoms with E-state index in [9.17, 15) is 4.79 Å². The molecular weight excluding hydrogens is 273 g/mol. The minimum Gasteiger partial charge on any atom is -0.493 e. The second kappa shape index (κ2) is 4.32. The summed E-state index contributed by atoms with van der Waals surface area (Å²) in [6.45, 7) is 0.611. The summed E-state index contributed by atoms with van der Waals surface area (Å²) in [5.41, 5.74) is 1.02. The molecule has 2 atom stereocenters. The van der Waals surface area contributed by atoms with Crippen molar-refractivity contribution in [3.63, 3.8) is 0 Å². The largest absolute Gasteiger partial charge is 0.493 e. The van der Waals surface area contributed by atoms with E-state index in [1.54, 1.807) is 0 Å². The lowest BCUT2D eigenvalue weighted by atomic mass is 10.0. The summed E-state index contributed by atoms with van der Waals surface area (Å²) in [6, 6.07) is 7.75. The Morgan fingerprint density at radius 1 is 1.39 bits per heavy atom. The molecule has 1 amide bonds. The zero-order chi connectivity index (χ0) is 12.8. The van der Waals surface area contributed by atoms with Gasteiger partial charge in [0, 0.05) is 12.0 Å². The highest BCUT2D eigenvalue weighted by atomic mass is 35.5. The number of amides is 1. The van der Waals surface area contributed by atoms with Gasteiger partial charge in [-0.3, -0.25) is 4.79 Å². The van der Waals surface area contributed by atoms with E-state index in [1.165, 1.54) is 0 Å². The standard InChI is InChI=1S/C13H13Cl2NO2/c14-13(15)7-9(13)12(17)16-10-5-6-18-11-4-2-1-3-8(10)11/h1-4,9-10H,5-7H2,(H,16,17)/t9-,10+/m1/s1. The molecule has 1 N–H and O–H groups in total. The Hall–Kier alpha value is -0.930. The molecular formula is C13H13Cl2NO2. The van der Waals surface area contributed by atoms with Crippen molar-refractivity contribution in [2.45, 2.75) is 23.2 Å². The van der Waals surface area contributed by atoms with Gasteiger partial charge in [-0.2, -0.15) is 0 Å². The normalized spacial score (nSPS) is 27.9. The molecule has 5 heteroatoms. The smallest absolute Gasteiger partial charge is 0.226 e. The van der Waals surface area contributed by atoms with E-state index in [2.05, 4.69) is 5.32 Å². The predicted molar refractivity (Wildman–Crippen MR) is 70.0 cm³/mol. The lowest BCUT2D eigenvalue weighted by Gasteiger charge is -2.26. The number of nitrogens with one attached hydrogen (secondary N) is 1. The summed E-state index contributed by atoms with van der Waals surface area (Å²) in [5, 5.41) is 3.00. The Kier molecular flexibility index (Phi) is 2.91. The summed E-state index contributed by atoms with van der Waals surface area (Å²) in [6.07, 6.45) is 1.31. The molecule has 3 nitrogen and oxygen atoms in total. The van der Waals surface area contributed by atoms with Crippen LogP contribution in [0.4, 0.5) is 0 Å². The van der Waals surface area contributed by atoms with Crippen LogP contribution >= 0.6 is 23.2 Å². The Labute approximate surface area is 115 Å². The van der Waals surface area contributed by atoms with Gasteiger partial charge in [0.15, 0.2) is 0 Å². The monoisotopic (exact) mass is 285 g/mol. The van der Waals surface area contributed by atoms with Crippen molar-refractivity contribution < 1.29 is 9.53 Å². The van der Waals surface area contributed by atoms with Crippen molar-refractivity contribution in [3.8, 4) is 5.75 Å². The molecule has 1 aliphatic carbocycles. The van der Waals surface area contributed by atoms with Crippen molar-refractivity contribution >= 4 is 29.1 Å². The maximum Gasteiger partial charge on any atom is 0.226 e. The van der Waals surface area contributed by atoms with E-state index in [0.717, 1.165) is 17.7 Å². The zero-order valence-electron chi connectivity index (χ0n) is 9.66. The van der Waals surface area contributed by atoms with Crippen LogP contribution in [0.15, 0.2) is 24.3 Å². The number of carbonyl (C=O) groups excluding carboxylic acids is 1. The number of ether oxygens (including phenoxy) is 1. The predicted octanol–water partition coefficient (Wildman–Crippen LogP) is 2.82. The first-order chi connectivity index (χ1) is 8.58. The fraction of sp³-hybridized carbons (Fsp3) is 0.462. The maximum absolute atomic E-state index is 12.0. The highest BCUT2D eigenvalue weighted by molar-refractivity contribution is 6.52. The van der Waals surface area contributed by atoms with Crippen LogP contribution in [0, 0.1) is 5.92 Å². The molecule has 1 aliphatic heterocycles. The first kappa shape index (κ1) is 12.1. The number of para-hydroxylation sites is 1. The second-order valence-corrected chi connectivity index (χ2v) is 6.30. The Morgan fingerprint density at radius 3 is 2.83 bits per heavy atom. The summed E-state index contributed by atoms with van der Waals surface area (Å²) < 4.78 is 4.68. The second-order valence-electron chi connectivity index (χ2n) is 4.75. The summed E-state index contributed by atoms with van der Waals surface area (Å²) in [5.74, 6) is 0.491. The molecule has 1 aromatic carbocycles. The van der Waals surface area contributed by atoms with E-state index in [1.807, 2.05) is 24.3 Å². The van der Waals surface area contributed by atoms with Gasteiger partial charge in [0.05, 0.1) is 18.6 Å². The van der Waals surface area contributed by atoms with E-state index >= 15 is 0 Å². The molecule has 0 aromatic heterocycles. The number of rotatable bonds is 2. The van der Waals surface area contributed by atoms with E-state index in [0.29, 0.717) is 13.0 Å². The van der Waals surface area contributed by atoms with Crippen LogP contribution in [-0.4, -0.2) is 16.8 Å². The van der Waals surface area contributed by atoms with Crippen LogP contribution in [-0.2, 0) is 4.79 Å². The third-order valence-corrected chi connectivity index (χ3v) is 4.25. The number of fused-ring (bicyclic) bond motifs is 1. The topological polar surface area (TPSA) is 38.3 Å². The molecule has 1 heterocycles. The Balaban J connectivity index is 1.73. The highest BCUT2D eigenvalue weighted by Crippen LogP contribution is 2.53. The van der Waals surface area contributed by atoms with Gasteiger partial charge < -0.3 is 10.1 Å². The number of halogens is 2.